The number of nitrogens with zero attached hydrogens (tertiary/aromatic N) is 1. The van der Waals surface area contributed by atoms with Gasteiger partial charge in [0.25, 0.3) is 0 Å². The van der Waals surface area contributed by atoms with Crippen molar-refractivity contribution in [2.24, 2.45) is 0 Å². The number of rotatable bonds is 4. The Bertz CT molecular complexity index is 613. The summed E-state index contributed by atoms with van der Waals surface area (Å²) in [6, 6.07) is 4.09. The predicted octanol–water partition coefficient (Wildman–Crippen LogP) is 1.14. The lowest BCUT2D eigenvalue weighted by atomic mass is 10.2. The molecule has 1 fully saturated rings. The molecule has 0 amide bonds. The Morgan fingerprint density at radius 1 is 1.35 bits per heavy atom. The maximum Gasteiger partial charge on any atom is 0.335 e. The second-order valence-corrected chi connectivity index (χ2v) is 6.64. The van der Waals surface area contributed by atoms with Gasteiger partial charge in [-0.25, -0.2) is 4.79 Å². The zero-order valence-corrected chi connectivity index (χ0v) is 12.8. The standard InChI is InChI=1S/C11H13BrN2O5S/c12-9-7-8(11(15)16)1-2-10(9)13-20(17,18)14-3-5-19-6-4-14/h1-2,7,13H,3-6H2,(H,15,16). The monoisotopic (exact) mass is 364 g/mol. The number of ether oxygens (including phenoxy) is 1. The van der Waals surface area contributed by atoms with E-state index in [-0.39, 0.29) is 5.56 Å². The first kappa shape index (κ1) is 15.2. The fourth-order valence-corrected chi connectivity index (χ4v) is 3.55. The van der Waals surface area contributed by atoms with Crippen molar-refractivity contribution in [3.63, 3.8) is 0 Å². The highest BCUT2D eigenvalue weighted by atomic mass is 79.9. The molecule has 1 aromatic rings. The van der Waals surface area contributed by atoms with Gasteiger partial charge in [0.1, 0.15) is 0 Å². The summed E-state index contributed by atoms with van der Waals surface area (Å²) in [5.74, 6) is -1.08. The van der Waals surface area contributed by atoms with Crippen molar-refractivity contribution < 1.29 is 23.1 Å². The third-order valence-electron chi connectivity index (χ3n) is 2.76. The van der Waals surface area contributed by atoms with Crippen molar-refractivity contribution in [1.29, 1.82) is 0 Å². The average Bonchev–Trinajstić information content (AvgIpc) is 2.41. The maximum absolute atomic E-state index is 12.1. The van der Waals surface area contributed by atoms with Crippen LogP contribution in [-0.2, 0) is 14.9 Å². The van der Waals surface area contributed by atoms with Gasteiger partial charge in [-0.2, -0.15) is 12.7 Å². The van der Waals surface area contributed by atoms with E-state index in [0.717, 1.165) is 0 Å². The normalized spacial score (nSPS) is 16.9. The molecule has 0 radical (unpaired) electrons. The fraction of sp³-hybridized carbons (Fsp3) is 0.364. The van der Waals surface area contributed by atoms with E-state index in [4.69, 9.17) is 9.84 Å². The van der Waals surface area contributed by atoms with Crippen LogP contribution in [-0.4, -0.2) is 50.1 Å². The van der Waals surface area contributed by atoms with E-state index >= 15 is 0 Å². The third-order valence-corrected chi connectivity index (χ3v) is 4.94. The average molecular weight is 365 g/mol. The molecule has 0 aromatic heterocycles. The second-order valence-electron chi connectivity index (χ2n) is 4.12. The number of aromatic carboxylic acids is 1. The van der Waals surface area contributed by atoms with Gasteiger partial charge in [0, 0.05) is 17.6 Å². The molecule has 9 heteroatoms. The summed E-state index contributed by atoms with van der Waals surface area (Å²) < 4.78 is 33.5. The summed E-state index contributed by atoms with van der Waals surface area (Å²) in [6.07, 6.45) is 0. The summed E-state index contributed by atoms with van der Waals surface area (Å²) in [7, 11) is -3.67. The summed E-state index contributed by atoms with van der Waals surface area (Å²) in [4.78, 5) is 10.8. The lowest BCUT2D eigenvalue weighted by Gasteiger charge is -2.26. The van der Waals surface area contributed by atoms with Gasteiger partial charge in [0.05, 0.1) is 24.5 Å². The summed E-state index contributed by atoms with van der Waals surface area (Å²) in [5.41, 5.74) is 0.368. The van der Waals surface area contributed by atoms with Crippen LogP contribution in [0, 0.1) is 0 Å². The third kappa shape index (κ3) is 3.48. The lowest BCUT2D eigenvalue weighted by molar-refractivity contribution is 0.0697. The van der Waals surface area contributed by atoms with Crippen LogP contribution >= 0.6 is 15.9 Å². The Hall–Kier alpha value is -1.16. The van der Waals surface area contributed by atoms with Crippen LogP contribution in [0.5, 0.6) is 0 Å². The lowest BCUT2D eigenvalue weighted by Crippen LogP contribution is -2.43. The highest BCUT2D eigenvalue weighted by Crippen LogP contribution is 2.25. The number of hydrogen-bond acceptors (Lipinski definition) is 4. The minimum Gasteiger partial charge on any atom is -0.478 e. The molecule has 1 saturated heterocycles. The molecule has 0 spiro atoms. The highest BCUT2D eigenvalue weighted by Gasteiger charge is 2.24. The van der Waals surface area contributed by atoms with E-state index in [1.165, 1.54) is 22.5 Å². The van der Waals surface area contributed by atoms with Crippen LogP contribution in [0.15, 0.2) is 22.7 Å². The van der Waals surface area contributed by atoms with E-state index in [1.54, 1.807) is 0 Å². The van der Waals surface area contributed by atoms with Crippen LogP contribution in [0.2, 0.25) is 0 Å². The Kier molecular flexibility index (Phi) is 4.63. The zero-order valence-electron chi connectivity index (χ0n) is 10.4. The first-order valence-electron chi connectivity index (χ1n) is 5.78. The van der Waals surface area contributed by atoms with Crippen molar-refractivity contribution in [3.8, 4) is 0 Å². The quantitative estimate of drug-likeness (QED) is 0.834. The van der Waals surface area contributed by atoms with E-state index in [9.17, 15) is 13.2 Å². The second kappa shape index (κ2) is 6.08. The predicted molar refractivity (Wildman–Crippen MR) is 76.0 cm³/mol. The zero-order chi connectivity index (χ0) is 14.8. The van der Waals surface area contributed by atoms with E-state index < -0.39 is 16.2 Å². The van der Waals surface area contributed by atoms with Gasteiger partial charge < -0.3 is 9.84 Å². The molecule has 0 unspecified atom stereocenters. The number of hydrogen-bond donors (Lipinski definition) is 2. The maximum atomic E-state index is 12.1. The number of nitrogens with one attached hydrogen (secondary N) is 1. The van der Waals surface area contributed by atoms with Gasteiger partial charge >= 0.3 is 16.2 Å². The number of carboxylic acids is 1. The van der Waals surface area contributed by atoms with E-state index in [0.29, 0.717) is 36.5 Å². The molecular weight excluding hydrogens is 352 g/mol. The number of anilines is 1. The number of halogens is 1. The van der Waals surface area contributed by atoms with Crippen molar-refractivity contribution in [2.75, 3.05) is 31.0 Å². The molecule has 0 bridgehead atoms. The van der Waals surface area contributed by atoms with Crippen LogP contribution in [0.4, 0.5) is 5.69 Å². The summed E-state index contributed by atoms with van der Waals surface area (Å²) >= 11 is 3.16. The van der Waals surface area contributed by atoms with Crippen molar-refractivity contribution in [1.82, 2.24) is 4.31 Å². The Morgan fingerprint density at radius 3 is 2.55 bits per heavy atom. The first-order chi connectivity index (χ1) is 9.40. The SMILES string of the molecule is O=C(O)c1ccc(NS(=O)(=O)N2CCOCC2)c(Br)c1. The van der Waals surface area contributed by atoms with E-state index in [1.807, 2.05) is 0 Å². The van der Waals surface area contributed by atoms with Gasteiger partial charge in [-0.15, -0.1) is 0 Å². The molecule has 0 saturated carbocycles. The molecular formula is C11H13BrN2O5S. The van der Waals surface area contributed by atoms with Gasteiger partial charge in [0.15, 0.2) is 0 Å². The van der Waals surface area contributed by atoms with Crippen molar-refractivity contribution >= 4 is 37.8 Å². The number of morpholine rings is 1. The Balaban J connectivity index is 2.18. The number of benzene rings is 1. The Morgan fingerprint density at radius 2 is 2.00 bits per heavy atom. The molecule has 1 aromatic carbocycles. The Labute approximate surface area is 124 Å². The molecule has 1 heterocycles. The number of carboxylic acid groups (broad SMARTS) is 1. The van der Waals surface area contributed by atoms with Crippen LogP contribution in [0.25, 0.3) is 0 Å². The minimum absolute atomic E-state index is 0.0752. The molecule has 0 aliphatic carbocycles. The number of carbonyl (C=O) groups is 1. The minimum atomic E-state index is -3.67. The molecule has 2 rings (SSSR count). The largest absolute Gasteiger partial charge is 0.478 e. The van der Waals surface area contributed by atoms with Gasteiger partial charge in [-0.3, -0.25) is 4.72 Å². The molecule has 7 nitrogen and oxygen atoms in total. The summed E-state index contributed by atoms with van der Waals surface area (Å²) in [5, 5.41) is 8.85. The summed E-state index contributed by atoms with van der Waals surface area (Å²) in [6.45, 7) is 1.31. The smallest absolute Gasteiger partial charge is 0.335 e. The van der Waals surface area contributed by atoms with Gasteiger partial charge in [-0.05, 0) is 34.1 Å². The van der Waals surface area contributed by atoms with Crippen LogP contribution < -0.4 is 4.72 Å². The van der Waals surface area contributed by atoms with Gasteiger partial charge in [0.2, 0.25) is 0 Å². The molecule has 20 heavy (non-hydrogen) atoms. The van der Waals surface area contributed by atoms with Crippen LogP contribution in [0.3, 0.4) is 0 Å². The molecule has 1 aliphatic heterocycles. The first-order valence-corrected chi connectivity index (χ1v) is 8.02. The fourth-order valence-electron chi connectivity index (χ4n) is 1.72. The molecule has 2 N–H and O–H groups in total. The van der Waals surface area contributed by atoms with Crippen molar-refractivity contribution in [3.05, 3.63) is 28.2 Å². The molecule has 0 atom stereocenters. The highest BCUT2D eigenvalue weighted by molar-refractivity contribution is 9.10. The van der Waals surface area contributed by atoms with E-state index in [2.05, 4.69) is 20.7 Å². The van der Waals surface area contributed by atoms with Gasteiger partial charge in [-0.1, -0.05) is 0 Å². The molecule has 110 valence electrons. The van der Waals surface area contributed by atoms with Crippen molar-refractivity contribution in [2.45, 2.75) is 0 Å². The topological polar surface area (TPSA) is 95.9 Å². The van der Waals surface area contributed by atoms with Crippen LogP contribution in [0.1, 0.15) is 10.4 Å². The molecule has 1 aliphatic rings.